The predicted octanol–water partition coefficient (Wildman–Crippen LogP) is 2.22. The second-order valence-corrected chi connectivity index (χ2v) is 5.83. The number of likely N-dealkylation sites (N-methyl/N-ethyl adjacent to an activating group) is 1. The molecule has 0 spiro atoms. The molecular formula is C15H30N2O2. The molecule has 112 valence electrons. The van der Waals surface area contributed by atoms with Crippen LogP contribution in [0.1, 0.15) is 58.8 Å². The van der Waals surface area contributed by atoms with Gasteiger partial charge in [0.05, 0.1) is 12.7 Å². The molecule has 1 aliphatic rings. The minimum absolute atomic E-state index is 0.197. The van der Waals surface area contributed by atoms with Gasteiger partial charge in [0.15, 0.2) is 0 Å². The highest BCUT2D eigenvalue weighted by Crippen LogP contribution is 2.39. The maximum absolute atomic E-state index is 11.7. The lowest BCUT2D eigenvalue weighted by atomic mass is 9.93. The molecule has 19 heavy (non-hydrogen) atoms. The summed E-state index contributed by atoms with van der Waals surface area (Å²) in [6.45, 7) is 4.70. The molecule has 0 aromatic heterocycles. The Hall–Kier alpha value is -0.610. The van der Waals surface area contributed by atoms with Crippen LogP contribution < -0.4 is 11.1 Å². The van der Waals surface area contributed by atoms with E-state index in [0.29, 0.717) is 12.5 Å². The molecule has 3 N–H and O–H groups in total. The minimum Gasteiger partial charge on any atom is -0.376 e. The number of carbonyl (C=O) groups excluding carboxylic acids is 1. The molecule has 0 bridgehead atoms. The molecule has 4 heteroatoms. The lowest BCUT2D eigenvalue weighted by Gasteiger charge is -2.31. The fourth-order valence-electron chi connectivity index (χ4n) is 2.58. The monoisotopic (exact) mass is 270 g/mol. The zero-order valence-corrected chi connectivity index (χ0v) is 12.7. The predicted molar refractivity (Wildman–Crippen MR) is 77.9 cm³/mol. The second-order valence-electron chi connectivity index (χ2n) is 5.83. The number of nitrogens with two attached hydrogens (primary N) is 1. The van der Waals surface area contributed by atoms with Gasteiger partial charge in [-0.15, -0.1) is 0 Å². The van der Waals surface area contributed by atoms with Gasteiger partial charge >= 0.3 is 0 Å². The summed E-state index contributed by atoms with van der Waals surface area (Å²) < 4.78 is 5.88. The van der Waals surface area contributed by atoms with Crippen molar-refractivity contribution in [3.05, 3.63) is 0 Å². The highest BCUT2D eigenvalue weighted by molar-refractivity contribution is 5.85. The third-order valence-corrected chi connectivity index (χ3v) is 4.22. The van der Waals surface area contributed by atoms with E-state index in [0.717, 1.165) is 19.3 Å². The van der Waals surface area contributed by atoms with E-state index in [1.54, 1.807) is 7.05 Å². The SMILES string of the molecule is CCCCCCC(C)OCC(NC)(C(N)=O)C1CC1. The first-order valence-corrected chi connectivity index (χ1v) is 7.67. The molecule has 0 aromatic carbocycles. The zero-order valence-electron chi connectivity index (χ0n) is 12.7. The topological polar surface area (TPSA) is 64.3 Å². The van der Waals surface area contributed by atoms with Crippen molar-refractivity contribution in [1.82, 2.24) is 5.32 Å². The van der Waals surface area contributed by atoms with Crippen molar-refractivity contribution in [2.75, 3.05) is 13.7 Å². The number of unbranched alkanes of at least 4 members (excludes halogenated alkanes) is 3. The molecule has 1 saturated carbocycles. The van der Waals surface area contributed by atoms with Crippen LogP contribution in [0.5, 0.6) is 0 Å². The lowest BCUT2D eigenvalue weighted by Crippen LogP contribution is -2.59. The smallest absolute Gasteiger partial charge is 0.240 e. The summed E-state index contributed by atoms with van der Waals surface area (Å²) in [5.74, 6) is 0.0676. The number of primary amides is 1. The summed E-state index contributed by atoms with van der Waals surface area (Å²) in [6.07, 6.45) is 8.39. The molecule has 0 aliphatic heterocycles. The van der Waals surface area contributed by atoms with Crippen LogP contribution in [0.4, 0.5) is 0 Å². The quantitative estimate of drug-likeness (QED) is 0.566. The first-order valence-electron chi connectivity index (χ1n) is 7.67. The van der Waals surface area contributed by atoms with E-state index >= 15 is 0 Å². The van der Waals surface area contributed by atoms with Gasteiger partial charge < -0.3 is 15.8 Å². The molecule has 4 nitrogen and oxygen atoms in total. The van der Waals surface area contributed by atoms with Gasteiger partial charge in [0.25, 0.3) is 0 Å². The number of hydrogen-bond donors (Lipinski definition) is 2. The molecule has 0 heterocycles. The molecule has 1 aliphatic carbocycles. The van der Waals surface area contributed by atoms with E-state index in [1.165, 1.54) is 25.7 Å². The van der Waals surface area contributed by atoms with Gasteiger partial charge in [-0.25, -0.2) is 0 Å². The van der Waals surface area contributed by atoms with Gasteiger partial charge in [-0.3, -0.25) is 4.79 Å². The summed E-state index contributed by atoms with van der Waals surface area (Å²) in [5, 5.41) is 3.11. The van der Waals surface area contributed by atoms with Crippen LogP contribution in [0.3, 0.4) is 0 Å². The summed E-state index contributed by atoms with van der Waals surface area (Å²) >= 11 is 0. The van der Waals surface area contributed by atoms with Gasteiger partial charge in [0.2, 0.25) is 5.91 Å². The summed E-state index contributed by atoms with van der Waals surface area (Å²) in [6, 6.07) is 0. The minimum atomic E-state index is -0.655. The van der Waals surface area contributed by atoms with E-state index in [2.05, 4.69) is 19.2 Å². The number of nitrogens with one attached hydrogen (secondary N) is 1. The van der Waals surface area contributed by atoms with Gasteiger partial charge in [0, 0.05) is 0 Å². The highest BCUT2D eigenvalue weighted by Gasteiger charge is 2.49. The number of rotatable bonds is 11. The third kappa shape index (κ3) is 4.77. The lowest BCUT2D eigenvalue weighted by molar-refractivity contribution is -0.129. The van der Waals surface area contributed by atoms with Crippen molar-refractivity contribution in [3.8, 4) is 0 Å². The van der Waals surface area contributed by atoms with Crippen LogP contribution in [0.25, 0.3) is 0 Å². The number of hydrogen-bond acceptors (Lipinski definition) is 3. The van der Waals surface area contributed by atoms with E-state index < -0.39 is 5.54 Å². The summed E-state index contributed by atoms with van der Waals surface area (Å²) in [7, 11) is 1.80. The molecule has 0 saturated heterocycles. The van der Waals surface area contributed by atoms with E-state index in [9.17, 15) is 4.79 Å². The molecular weight excluding hydrogens is 240 g/mol. The molecule has 0 radical (unpaired) electrons. The van der Waals surface area contributed by atoms with Crippen molar-refractivity contribution in [1.29, 1.82) is 0 Å². The van der Waals surface area contributed by atoms with Crippen molar-refractivity contribution < 1.29 is 9.53 Å². The van der Waals surface area contributed by atoms with Crippen LogP contribution in [-0.4, -0.2) is 31.2 Å². The van der Waals surface area contributed by atoms with Crippen molar-refractivity contribution in [2.45, 2.75) is 70.4 Å². The fraction of sp³-hybridized carbons (Fsp3) is 0.933. The van der Waals surface area contributed by atoms with Crippen molar-refractivity contribution in [3.63, 3.8) is 0 Å². The van der Waals surface area contributed by atoms with Crippen molar-refractivity contribution in [2.24, 2.45) is 11.7 Å². The maximum atomic E-state index is 11.7. The Labute approximate surface area is 117 Å². The Morgan fingerprint density at radius 3 is 2.58 bits per heavy atom. The van der Waals surface area contributed by atoms with Gasteiger partial charge in [-0.05, 0) is 39.2 Å². The fourth-order valence-corrected chi connectivity index (χ4v) is 2.58. The Kier molecular flexibility index (Phi) is 6.80. The van der Waals surface area contributed by atoms with Crippen LogP contribution >= 0.6 is 0 Å². The molecule has 2 atom stereocenters. The molecule has 1 fully saturated rings. The first-order chi connectivity index (χ1) is 9.06. The molecule has 0 aromatic rings. The Balaban J connectivity index is 2.33. The highest BCUT2D eigenvalue weighted by atomic mass is 16.5. The molecule has 2 unspecified atom stereocenters. The van der Waals surface area contributed by atoms with Gasteiger partial charge in [0.1, 0.15) is 5.54 Å². The van der Waals surface area contributed by atoms with Crippen molar-refractivity contribution >= 4 is 5.91 Å². The Morgan fingerprint density at radius 2 is 2.11 bits per heavy atom. The van der Waals surface area contributed by atoms with E-state index in [1.807, 2.05) is 0 Å². The zero-order chi connectivity index (χ0) is 14.3. The van der Waals surface area contributed by atoms with E-state index in [4.69, 9.17) is 10.5 Å². The number of ether oxygens (including phenoxy) is 1. The average Bonchev–Trinajstić information content (AvgIpc) is 3.20. The summed E-state index contributed by atoms with van der Waals surface area (Å²) in [5.41, 5.74) is 4.91. The second kappa shape index (κ2) is 7.85. The molecule has 1 amide bonds. The largest absolute Gasteiger partial charge is 0.376 e. The first kappa shape index (κ1) is 16.4. The summed E-state index contributed by atoms with van der Waals surface area (Å²) in [4.78, 5) is 11.7. The van der Waals surface area contributed by atoms with Gasteiger partial charge in [-0.2, -0.15) is 0 Å². The van der Waals surface area contributed by atoms with Crippen LogP contribution in [0.2, 0.25) is 0 Å². The third-order valence-electron chi connectivity index (χ3n) is 4.22. The van der Waals surface area contributed by atoms with Crippen LogP contribution in [0.15, 0.2) is 0 Å². The standard InChI is InChI=1S/C15H30N2O2/c1-4-5-6-7-8-12(2)19-11-15(17-3,14(16)18)13-9-10-13/h12-13,17H,4-11H2,1-3H3,(H2,16,18). The van der Waals surface area contributed by atoms with E-state index in [-0.39, 0.29) is 12.0 Å². The maximum Gasteiger partial charge on any atom is 0.240 e. The van der Waals surface area contributed by atoms with Crippen LogP contribution in [-0.2, 0) is 9.53 Å². The number of carbonyl (C=O) groups is 1. The Morgan fingerprint density at radius 1 is 1.42 bits per heavy atom. The van der Waals surface area contributed by atoms with Crippen LogP contribution in [0, 0.1) is 5.92 Å². The number of amides is 1. The average molecular weight is 270 g/mol. The Bertz CT molecular complexity index is 279. The normalized spacial score (nSPS) is 19.9. The molecule has 1 rings (SSSR count). The van der Waals surface area contributed by atoms with Gasteiger partial charge in [-0.1, -0.05) is 32.6 Å².